The zero-order valence-corrected chi connectivity index (χ0v) is 17.2. The molecule has 0 bridgehead atoms. The summed E-state index contributed by atoms with van der Waals surface area (Å²) < 4.78 is 12.0. The maximum absolute atomic E-state index is 12.8. The maximum Gasteiger partial charge on any atom is 0.288 e. The van der Waals surface area contributed by atoms with Gasteiger partial charge in [-0.05, 0) is 48.5 Å². The average molecular weight is 431 g/mol. The van der Waals surface area contributed by atoms with Crippen LogP contribution in [0.15, 0.2) is 83.5 Å². The largest absolute Gasteiger partial charge is 0.497 e. The van der Waals surface area contributed by atoms with Gasteiger partial charge in [-0.15, -0.1) is 0 Å². The number of carbonyl (C=O) groups is 2. The number of carbonyl (C=O) groups excluding carboxylic acids is 2. The summed E-state index contributed by atoms with van der Waals surface area (Å²) in [5.74, 6) is 0.320. The minimum absolute atomic E-state index is 0.0256. The van der Waals surface area contributed by atoms with Crippen LogP contribution in [0.5, 0.6) is 5.75 Å². The van der Waals surface area contributed by atoms with Gasteiger partial charge in [0.15, 0.2) is 5.76 Å². The first kappa shape index (κ1) is 20.7. The second kappa shape index (κ2) is 9.52. The van der Waals surface area contributed by atoms with Crippen molar-refractivity contribution in [3.63, 3.8) is 0 Å². The van der Waals surface area contributed by atoms with Crippen molar-refractivity contribution >= 4 is 17.5 Å². The van der Waals surface area contributed by atoms with Crippen molar-refractivity contribution in [1.29, 1.82) is 0 Å². The number of hydrogen-bond donors (Lipinski definition) is 3. The highest BCUT2D eigenvalue weighted by atomic mass is 16.5. The first-order valence-corrected chi connectivity index (χ1v) is 9.80. The van der Waals surface area contributed by atoms with Crippen molar-refractivity contribution < 1.29 is 18.7 Å². The number of para-hydroxylation sites is 1. The van der Waals surface area contributed by atoms with Crippen LogP contribution in [0.3, 0.4) is 0 Å². The number of ether oxygens (including phenoxy) is 1. The number of anilines is 1. The Bertz CT molecular complexity index is 1190. The van der Waals surface area contributed by atoms with Crippen LogP contribution >= 0.6 is 0 Å². The highest BCUT2D eigenvalue weighted by Crippen LogP contribution is 2.22. The van der Waals surface area contributed by atoms with Crippen LogP contribution in [0.25, 0.3) is 17.1 Å². The van der Waals surface area contributed by atoms with Gasteiger partial charge >= 0.3 is 0 Å². The molecule has 0 aliphatic carbocycles. The van der Waals surface area contributed by atoms with E-state index in [4.69, 9.17) is 9.15 Å². The smallest absolute Gasteiger partial charge is 0.288 e. The molecular weight excluding hydrogens is 410 g/mol. The predicted molar refractivity (Wildman–Crippen MR) is 118 cm³/mol. The molecule has 0 spiro atoms. The molecule has 0 fully saturated rings. The van der Waals surface area contributed by atoms with Crippen molar-refractivity contribution in [2.45, 2.75) is 0 Å². The van der Waals surface area contributed by atoms with Crippen LogP contribution in [-0.2, 0) is 4.79 Å². The lowest BCUT2D eigenvalue weighted by molar-refractivity contribution is -0.120. The Morgan fingerprint density at radius 3 is 2.47 bits per heavy atom. The molecule has 9 heteroatoms. The Hall–Kier alpha value is -4.53. The fraction of sp³-hybridized carbons (Fsp3) is 0.0870. The fourth-order valence-corrected chi connectivity index (χ4v) is 2.98. The van der Waals surface area contributed by atoms with E-state index in [0.29, 0.717) is 17.1 Å². The quantitative estimate of drug-likeness (QED) is 0.388. The number of rotatable bonds is 7. The number of methoxy groups -OCH3 is 1. The zero-order chi connectivity index (χ0) is 22.3. The summed E-state index contributed by atoms with van der Waals surface area (Å²) in [6, 6.07) is 21.5. The van der Waals surface area contributed by atoms with E-state index in [9.17, 15) is 9.59 Å². The lowest BCUT2D eigenvalue weighted by Crippen LogP contribution is -2.44. The van der Waals surface area contributed by atoms with E-state index in [2.05, 4.69) is 21.3 Å². The number of nitrogens with one attached hydrogen (secondary N) is 3. The van der Waals surface area contributed by atoms with Crippen molar-refractivity contribution in [1.82, 2.24) is 20.6 Å². The Morgan fingerprint density at radius 2 is 1.78 bits per heavy atom. The van der Waals surface area contributed by atoms with Gasteiger partial charge in [0.2, 0.25) is 0 Å². The molecule has 0 atom stereocenters. The second-order valence-electron chi connectivity index (χ2n) is 6.72. The summed E-state index contributed by atoms with van der Waals surface area (Å²) in [6.07, 6.45) is 1.53. The monoisotopic (exact) mass is 431 g/mol. The molecule has 4 rings (SSSR count). The lowest BCUT2D eigenvalue weighted by Gasteiger charge is -2.10. The molecule has 0 radical (unpaired) electrons. The molecule has 0 unspecified atom stereocenters. The molecule has 9 nitrogen and oxygen atoms in total. The van der Waals surface area contributed by atoms with E-state index in [1.54, 1.807) is 49.6 Å². The van der Waals surface area contributed by atoms with E-state index in [1.165, 1.54) is 10.9 Å². The summed E-state index contributed by atoms with van der Waals surface area (Å²) in [6.45, 7) is -0.0256. The van der Waals surface area contributed by atoms with E-state index >= 15 is 0 Å². The van der Waals surface area contributed by atoms with Gasteiger partial charge in [0.1, 0.15) is 17.1 Å². The number of nitrogens with zero attached hydrogens (tertiary/aromatic N) is 2. The molecule has 2 amide bonds. The molecule has 3 N–H and O–H groups in total. The normalized spacial score (nSPS) is 10.4. The summed E-state index contributed by atoms with van der Waals surface area (Å²) in [5, 5.41) is 7.46. The highest BCUT2D eigenvalue weighted by molar-refractivity contribution is 5.95. The minimum Gasteiger partial charge on any atom is -0.497 e. The molecule has 0 aliphatic rings. The maximum atomic E-state index is 12.8. The van der Waals surface area contributed by atoms with Gasteiger partial charge in [-0.1, -0.05) is 18.2 Å². The van der Waals surface area contributed by atoms with E-state index in [1.807, 2.05) is 30.3 Å². The van der Waals surface area contributed by atoms with Crippen molar-refractivity contribution in [2.24, 2.45) is 0 Å². The third kappa shape index (κ3) is 4.78. The number of aromatic nitrogens is 2. The van der Waals surface area contributed by atoms with E-state index in [-0.39, 0.29) is 12.2 Å². The Labute approximate surface area is 184 Å². The van der Waals surface area contributed by atoms with Crippen LogP contribution < -0.4 is 20.9 Å². The third-order valence-electron chi connectivity index (χ3n) is 4.57. The Balaban J connectivity index is 1.42. The van der Waals surface area contributed by atoms with Gasteiger partial charge in [0, 0.05) is 11.8 Å². The van der Waals surface area contributed by atoms with Gasteiger partial charge in [-0.3, -0.25) is 20.4 Å². The molecule has 32 heavy (non-hydrogen) atoms. The van der Waals surface area contributed by atoms with Crippen molar-refractivity contribution in [2.75, 3.05) is 19.0 Å². The SMILES string of the molecule is COc1ccc(NCC(=O)NNC(=O)c2cc(-c3ccco3)nn2-c2ccccc2)cc1. The minimum atomic E-state index is -0.517. The predicted octanol–water partition coefficient (Wildman–Crippen LogP) is 3.01. The summed E-state index contributed by atoms with van der Waals surface area (Å²) in [7, 11) is 1.58. The van der Waals surface area contributed by atoms with Crippen LogP contribution in [0.4, 0.5) is 5.69 Å². The van der Waals surface area contributed by atoms with Crippen LogP contribution in [0, 0.1) is 0 Å². The second-order valence-corrected chi connectivity index (χ2v) is 6.72. The fourth-order valence-electron chi connectivity index (χ4n) is 2.98. The molecule has 0 aliphatic heterocycles. The standard InChI is InChI=1S/C23H21N5O4/c1-31-18-11-9-16(10-12-18)24-15-22(29)25-26-23(30)20-14-19(21-8-5-13-32-21)27-28(20)17-6-3-2-4-7-17/h2-14,24H,15H2,1H3,(H,25,29)(H,26,30). The summed E-state index contributed by atoms with van der Waals surface area (Å²) >= 11 is 0. The molecule has 2 aromatic carbocycles. The number of hydrazine groups is 1. The van der Waals surface area contributed by atoms with E-state index in [0.717, 1.165) is 11.4 Å². The van der Waals surface area contributed by atoms with Crippen molar-refractivity contribution in [3.05, 3.63) is 84.8 Å². The molecule has 2 heterocycles. The topological polar surface area (TPSA) is 110 Å². The van der Waals surface area contributed by atoms with Gasteiger partial charge in [0.05, 0.1) is 25.6 Å². The zero-order valence-electron chi connectivity index (χ0n) is 17.2. The van der Waals surface area contributed by atoms with E-state index < -0.39 is 11.8 Å². The number of furan rings is 1. The first-order chi connectivity index (χ1) is 15.6. The lowest BCUT2D eigenvalue weighted by atomic mass is 10.3. The third-order valence-corrected chi connectivity index (χ3v) is 4.57. The average Bonchev–Trinajstić information content (AvgIpc) is 3.52. The Kier molecular flexibility index (Phi) is 6.17. The molecule has 2 aromatic heterocycles. The molecular formula is C23H21N5O4. The highest BCUT2D eigenvalue weighted by Gasteiger charge is 2.19. The molecule has 0 saturated heterocycles. The van der Waals surface area contributed by atoms with Gasteiger partial charge < -0.3 is 14.5 Å². The summed E-state index contributed by atoms with van der Waals surface area (Å²) in [5.41, 5.74) is 7.02. The van der Waals surface area contributed by atoms with Crippen LogP contribution in [0.1, 0.15) is 10.5 Å². The van der Waals surface area contributed by atoms with Gasteiger partial charge in [-0.25, -0.2) is 4.68 Å². The number of benzene rings is 2. The van der Waals surface area contributed by atoms with Crippen molar-refractivity contribution in [3.8, 4) is 22.9 Å². The number of hydrogen-bond acceptors (Lipinski definition) is 6. The van der Waals surface area contributed by atoms with Gasteiger partial charge in [-0.2, -0.15) is 5.10 Å². The molecule has 4 aromatic rings. The Morgan fingerprint density at radius 1 is 1.00 bits per heavy atom. The molecule has 162 valence electrons. The molecule has 0 saturated carbocycles. The van der Waals surface area contributed by atoms with Crippen LogP contribution in [-0.4, -0.2) is 35.2 Å². The summed E-state index contributed by atoms with van der Waals surface area (Å²) in [4.78, 5) is 25.0. The number of amides is 2. The van der Waals surface area contributed by atoms with Crippen LogP contribution in [0.2, 0.25) is 0 Å². The van der Waals surface area contributed by atoms with Gasteiger partial charge in [0.25, 0.3) is 11.8 Å². The first-order valence-electron chi connectivity index (χ1n) is 9.80.